The van der Waals surface area contributed by atoms with Gasteiger partial charge in [0.15, 0.2) is 0 Å². The van der Waals surface area contributed by atoms with Gasteiger partial charge in [-0.15, -0.1) is 46.4 Å². The van der Waals surface area contributed by atoms with Crippen molar-refractivity contribution >= 4 is 58.2 Å². The first-order valence-electron chi connectivity index (χ1n) is 7.29. The molecule has 4 nitrogen and oxygen atoms in total. The molecule has 1 saturated heterocycles. The van der Waals surface area contributed by atoms with Gasteiger partial charge in [-0.1, -0.05) is 0 Å². The van der Waals surface area contributed by atoms with Gasteiger partial charge in [0.05, 0.1) is 10.8 Å². The molecule has 2 aliphatic carbocycles. The van der Waals surface area contributed by atoms with Crippen LogP contribution in [0.2, 0.25) is 0 Å². The van der Waals surface area contributed by atoms with Crippen molar-refractivity contribution in [1.29, 1.82) is 0 Å². The molecule has 2 saturated carbocycles. The summed E-state index contributed by atoms with van der Waals surface area (Å²) in [4.78, 5) is 28.5. The summed E-state index contributed by atoms with van der Waals surface area (Å²) < 4.78 is -1.93. The predicted octanol–water partition coefficient (Wildman–Crippen LogP) is 2.83. The van der Waals surface area contributed by atoms with Gasteiger partial charge in [-0.2, -0.15) is 0 Å². The lowest BCUT2D eigenvalue weighted by molar-refractivity contribution is -0.145. The zero-order valence-electron chi connectivity index (χ0n) is 12.5. The van der Waals surface area contributed by atoms with Crippen molar-refractivity contribution in [3.8, 4) is 0 Å². The van der Waals surface area contributed by atoms with Crippen molar-refractivity contribution in [2.24, 2.45) is 10.8 Å². The number of carbonyl (C=O) groups excluding carboxylic acids is 2. The van der Waals surface area contributed by atoms with Gasteiger partial charge < -0.3 is 9.80 Å². The van der Waals surface area contributed by atoms with E-state index in [4.69, 9.17) is 46.4 Å². The number of nitrogens with zero attached hydrogens (tertiary/aromatic N) is 2. The molecule has 1 heterocycles. The molecule has 2 atom stereocenters. The van der Waals surface area contributed by atoms with Crippen molar-refractivity contribution in [3.05, 3.63) is 0 Å². The van der Waals surface area contributed by atoms with Gasteiger partial charge in [0.1, 0.15) is 8.67 Å². The maximum Gasteiger partial charge on any atom is 0.231 e. The summed E-state index contributed by atoms with van der Waals surface area (Å²) in [5.74, 6) is -0.0717. The van der Waals surface area contributed by atoms with Crippen LogP contribution in [-0.2, 0) is 9.59 Å². The summed E-state index contributed by atoms with van der Waals surface area (Å²) in [6.07, 6.45) is 0.945. The van der Waals surface area contributed by atoms with Gasteiger partial charge >= 0.3 is 0 Å². The Morgan fingerprint density at radius 3 is 1.14 bits per heavy atom. The monoisotopic (exact) mass is 386 g/mol. The van der Waals surface area contributed by atoms with E-state index in [1.807, 2.05) is 0 Å². The predicted molar refractivity (Wildman–Crippen MR) is 87.5 cm³/mol. The number of halogens is 4. The Labute approximate surface area is 150 Å². The highest BCUT2D eigenvalue weighted by Crippen LogP contribution is 2.65. The molecule has 2 unspecified atom stereocenters. The number of alkyl halides is 4. The normalized spacial score (nSPS) is 38.6. The van der Waals surface area contributed by atoms with Crippen molar-refractivity contribution in [2.45, 2.75) is 35.4 Å². The molecular weight excluding hydrogens is 370 g/mol. The number of amides is 2. The molecule has 0 spiro atoms. The zero-order chi connectivity index (χ0) is 16.6. The molecule has 0 aromatic heterocycles. The van der Waals surface area contributed by atoms with Crippen LogP contribution < -0.4 is 0 Å². The van der Waals surface area contributed by atoms with Crippen LogP contribution in [0.15, 0.2) is 0 Å². The van der Waals surface area contributed by atoms with Crippen LogP contribution in [0.4, 0.5) is 0 Å². The highest BCUT2D eigenvalue weighted by atomic mass is 35.5. The largest absolute Gasteiger partial charge is 0.339 e. The number of carbonyl (C=O) groups is 2. The Kier molecular flexibility index (Phi) is 3.70. The summed E-state index contributed by atoms with van der Waals surface area (Å²) >= 11 is 24.3. The summed E-state index contributed by atoms with van der Waals surface area (Å²) in [5, 5.41) is 0. The maximum absolute atomic E-state index is 12.5. The standard InChI is InChI=1S/C14H18Cl4N2O2/c1-11(7-13(11,15)16)9(21)19-3-5-20(6-4-19)10(22)12(2)8-14(12,17)18/h3-8H2,1-2H3. The van der Waals surface area contributed by atoms with Crippen LogP contribution in [0.25, 0.3) is 0 Å². The third-order valence-corrected chi connectivity index (χ3v) is 7.52. The molecule has 8 heteroatoms. The SMILES string of the molecule is CC1(C(=O)N2CCN(C(=O)C3(C)CC3(Cl)Cl)CC2)CC1(Cl)Cl. The number of rotatable bonds is 2. The van der Waals surface area contributed by atoms with Gasteiger partial charge in [-0.3, -0.25) is 9.59 Å². The van der Waals surface area contributed by atoms with E-state index in [0.717, 1.165) is 0 Å². The van der Waals surface area contributed by atoms with Gasteiger partial charge in [-0.25, -0.2) is 0 Å². The second kappa shape index (κ2) is 4.81. The van der Waals surface area contributed by atoms with E-state index < -0.39 is 19.5 Å². The lowest BCUT2D eigenvalue weighted by Gasteiger charge is -2.37. The molecule has 3 rings (SSSR count). The van der Waals surface area contributed by atoms with E-state index in [-0.39, 0.29) is 11.8 Å². The number of hydrogen-bond donors (Lipinski definition) is 0. The minimum absolute atomic E-state index is 0.0359. The molecule has 124 valence electrons. The smallest absolute Gasteiger partial charge is 0.231 e. The highest BCUT2D eigenvalue weighted by Gasteiger charge is 2.70. The number of piperazine rings is 1. The van der Waals surface area contributed by atoms with E-state index in [9.17, 15) is 9.59 Å². The molecule has 3 fully saturated rings. The molecule has 0 aromatic rings. The summed E-state index contributed by atoms with van der Waals surface area (Å²) in [7, 11) is 0. The molecule has 3 aliphatic rings. The van der Waals surface area contributed by atoms with Crippen molar-refractivity contribution < 1.29 is 9.59 Å². The minimum Gasteiger partial charge on any atom is -0.339 e. The Morgan fingerprint density at radius 1 is 0.727 bits per heavy atom. The summed E-state index contributed by atoms with van der Waals surface area (Å²) in [6, 6.07) is 0. The molecule has 22 heavy (non-hydrogen) atoms. The van der Waals surface area contributed by atoms with Gasteiger partial charge in [0.2, 0.25) is 11.8 Å². The molecule has 2 amide bonds. The lowest BCUT2D eigenvalue weighted by Crippen LogP contribution is -2.54. The van der Waals surface area contributed by atoms with E-state index >= 15 is 0 Å². The first-order chi connectivity index (χ1) is 9.95. The van der Waals surface area contributed by atoms with Crippen LogP contribution in [0.1, 0.15) is 26.7 Å². The van der Waals surface area contributed by atoms with Gasteiger partial charge in [-0.05, 0) is 26.7 Å². The molecule has 0 radical (unpaired) electrons. The lowest BCUT2D eigenvalue weighted by atomic mass is 10.1. The van der Waals surface area contributed by atoms with Crippen LogP contribution in [-0.4, -0.2) is 56.5 Å². The molecular formula is C14H18Cl4N2O2. The van der Waals surface area contributed by atoms with Crippen LogP contribution in [0.5, 0.6) is 0 Å². The topological polar surface area (TPSA) is 40.6 Å². The fourth-order valence-electron chi connectivity index (χ4n) is 3.07. The quantitative estimate of drug-likeness (QED) is 0.683. The third kappa shape index (κ3) is 2.33. The number of hydrogen-bond acceptors (Lipinski definition) is 2. The molecule has 0 aromatic carbocycles. The Bertz CT molecular complexity index is 497. The zero-order valence-corrected chi connectivity index (χ0v) is 15.5. The third-order valence-electron chi connectivity index (χ3n) is 5.31. The summed E-state index contributed by atoms with van der Waals surface area (Å²) in [6.45, 7) is 5.51. The van der Waals surface area contributed by atoms with E-state index in [1.54, 1.807) is 23.6 Å². The van der Waals surface area contributed by atoms with Crippen molar-refractivity contribution in [1.82, 2.24) is 9.80 Å². The average molecular weight is 388 g/mol. The van der Waals surface area contributed by atoms with E-state index in [1.165, 1.54) is 0 Å². The molecule has 1 aliphatic heterocycles. The Hall–Kier alpha value is 0.1000. The molecule has 0 bridgehead atoms. The fraction of sp³-hybridized carbons (Fsp3) is 0.857. The first kappa shape index (κ1) is 16.9. The van der Waals surface area contributed by atoms with Gasteiger partial charge in [0, 0.05) is 26.2 Å². The van der Waals surface area contributed by atoms with E-state index in [2.05, 4.69) is 0 Å². The van der Waals surface area contributed by atoms with Crippen molar-refractivity contribution in [3.63, 3.8) is 0 Å². The highest BCUT2D eigenvalue weighted by molar-refractivity contribution is 6.53. The average Bonchev–Trinajstić information content (AvgIpc) is 3.17. The fourth-order valence-corrected chi connectivity index (χ4v) is 4.47. The van der Waals surface area contributed by atoms with Crippen molar-refractivity contribution in [2.75, 3.05) is 26.2 Å². The Balaban J connectivity index is 1.58. The molecule has 0 N–H and O–H groups in total. The van der Waals surface area contributed by atoms with E-state index in [0.29, 0.717) is 39.0 Å². The van der Waals surface area contributed by atoms with Gasteiger partial charge in [0.25, 0.3) is 0 Å². The second-order valence-corrected chi connectivity index (χ2v) is 9.98. The first-order valence-corrected chi connectivity index (χ1v) is 8.80. The summed E-state index contributed by atoms with van der Waals surface area (Å²) in [5.41, 5.74) is -1.40. The Morgan fingerprint density at radius 2 is 0.955 bits per heavy atom. The van der Waals surface area contributed by atoms with Crippen LogP contribution in [0, 0.1) is 10.8 Å². The maximum atomic E-state index is 12.5. The van der Waals surface area contributed by atoms with Crippen LogP contribution in [0.3, 0.4) is 0 Å². The van der Waals surface area contributed by atoms with Crippen LogP contribution >= 0.6 is 46.4 Å². The minimum atomic E-state index is -0.963. The second-order valence-electron chi connectivity index (χ2n) is 7.01.